The summed E-state index contributed by atoms with van der Waals surface area (Å²) >= 11 is 1.80. The second-order valence-corrected chi connectivity index (χ2v) is 6.08. The highest BCUT2D eigenvalue weighted by Gasteiger charge is 2.24. The number of carbonyl (C=O) groups excluding carboxylic acids is 1. The molecular formula is C14H20N2OS. The Morgan fingerprint density at radius 3 is 2.83 bits per heavy atom. The molecule has 1 aromatic heterocycles. The third-order valence-electron chi connectivity index (χ3n) is 3.71. The molecule has 2 atom stereocenters. The first-order chi connectivity index (χ1) is 8.61. The summed E-state index contributed by atoms with van der Waals surface area (Å²) in [6.45, 7) is 3.01. The summed E-state index contributed by atoms with van der Waals surface area (Å²) in [7, 11) is 1.88. The molecule has 2 unspecified atom stereocenters. The van der Waals surface area contributed by atoms with Gasteiger partial charge in [-0.15, -0.1) is 0 Å². The van der Waals surface area contributed by atoms with Crippen molar-refractivity contribution in [3.05, 3.63) is 29.6 Å². The number of likely N-dealkylation sites (tertiary alicyclic amines) is 1. The van der Waals surface area contributed by atoms with Gasteiger partial charge in [0.05, 0.1) is 5.69 Å². The van der Waals surface area contributed by atoms with Crippen molar-refractivity contribution in [3.8, 4) is 0 Å². The largest absolute Gasteiger partial charge is 0.346 e. The molecule has 0 aliphatic carbocycles. The van der Waals surface area contributed by atoms with E-state index in [1.807, 2.05) is 18.1 Å². The lowest BCUT2D eigenvalue weighted by Crippen LogP contribution is -2.34. The summed E-state index contributed by atoms with van der Waals surface area (Å²) < 4.78 is 0. The van der Waals surface area contributed by atoms with E-state index in [1.54, 1.807) is 11.8 Å². The van der Waals surface area contributed by atoms with Crippen LogP contribution in [0.15, 0.2) is 18.3 Å². The van der Waals surface area contributed by atoms with Crippen LogP contribution < -0.4 is 0 Å². The maximum atomic E-state index is 11.7. The summed E-state index contributed by atoms with van der Waals surface area (Å²) in [4.78, 5) is 18.0. The molecule has 2 heterocycles. The molecule has 0 saturated carbocycles. The maximum Gasteiger partial charge on any atom is 0.222 e. The molecule has 0 spiro atoms. The number of thioether (sulfide) groups is 1. The standard InChI is InChI=1S/C14H20N2OS/c1-10(18-3)13-5-4-12(9-15-13)11-6-7-16(2)14(17)8-11/h4-5,9-11H,6-8H2,1-3H3. The fourth-order valence-corrected chi connectivity index (χ4v) is 2.63. The van der Waals surface area contributed by atoms with Crippen LogP contribution in [0.1, 0.15) is 42.2 Å². The van der Waals surface area contributed by atoms with Crippen LogP contribution >= 0.6 is 11.8 Å². The molecule has 1 aliphatic heterocycles. The van der Waals surface area contributed by atoms with Gasteiger partial charge in [0.1, 0.15) is 0 Å². The van der Waals surface area contributed by atoms with Gasteiger partial charge in [0.15, 0.2) is 0 Å². The van der Waals surface area contributed by atoms with E-state index in [0.29, 0.717) is 17.6 Å². The Hall–Kier alpha value is -1.03. The minimum absolute atomic E-state index is 0.243. The molecule has 2 rings (SSSR count). The smallest absolute Gasteiger partial charge is 0.222 e. The van der Waals surface area contributed by atoms with Crippen molar-refractivity contribution >= 4 is 17.7 Å². The van der Waals surface area contributed by atoms with Crippen LogP contribution in [-0.4, -0.2) is 35.6 Å². The summed E-state index contributed by atoms with van der Waals surface area (Å²) in [5.41, 5.74) is 2.32. The number of carbonyl (C=O) groups is 1. The van der Waals surface area contributed by atoms with E-state index in [0.717, 1.165) is 18.7 Å². The van der Waals surface area contributed by atoms with Crippen molar-refractivity contribution in [2.45, 2.75) is 30.9 Å². The van der Waals surface area contributed by atoms with Gasteiger partial charge >= 0.3 is 0 Å². The SMILES string of the molecule is CSC(C)c1ccc(C2CCN(C)C(=O)C2)cn1. The molecule has 0 bridgehead atoms. The van der Waals surface area contributed by atoms with Gasteiger partial charge in [-0.05, 0) is 37.1 Å². The number of hydrogen-bond acceptors (Lipinski definition) is 3. The predicted molar refractivity (Wildman–Crippen MR) is 75.8 cm³/mol. The topological polar surface area (TPSA) is 33.2 Å². The summed E-state index contributed by atoms with van der Waals surface area (Å²) in [5.74, 6) is 0.590. The Bertz CT molecular complexity index is 418. The van der Waals surface area contributed by atoms with Crippen LogP contribution in [0.25, 0.3) is 0 Å². The van der Waals surface area contributed by atoms with Crippen LogP contribution in [0.2, 0.25) is 0 Å². The number of rotatable bonds is 3. The van der Waals surface area contributed by atoms with E-state index in [-0.39, 0.29) is 5.91 Å². The van der Waals surface area contributed by atoms with Crippen LogP contribution in [0, 0.1) is 0 Å². The van der Waals surface area contributed by atoms with E-state index in [2.05, 4.69) is 30.3 Å². The fraction of sp³-hybridized carbons (Fsp3) is 0.571. The third-order valence-corrected chi connectivity index (χ3v) is 4.66. The molecule has 98 valence electrons. The molecule has 1 aromatic rings. The molecule has 1 saturated heterocycles. The zero-order valence-corrected chi connectivity index (χ0v) is 12.0. The highest BCUT2D eigenvalue weighted by Crippen LogP contribution is 2.29. The Morgan fingerprint density at radius 1 is 1.50 bits per heavy atom. The first-order valence-electron chi connectivity index (χ1n) is 6.34. The van der Waals surface area contributed by atoms with E-state index in [4.69, 9.17) is 0 Å². The van der Waals surface area contributed by atoms with Gasteiger partial charge in [-0.3, -0.25) is 9.78 Å². The first kappa shape index (κ1) is 13.4. The molecule has 1 aliphatic rings. The number of pyridine rings is 1. The van der Waals surface area contributed by atoms with Gasteiger partial charge in [-0.2, -0.15) is 11.8 Å². The lowest BCUT2D eigenvalue weighted by molar-refractivity contribution is -0.132. The number of aromatic nitrogens is 1. The van der Waals surface area contributed by atoms with Crippen molar-refractivity contribution in [3.63, 3.8) is 0 Å². The van der Waals surface area contributed by atoms with Crippen LogP contribution in [0.4, 0.5) is 0 Å². The normalized spacial score (nSPS) is 22.1. The van der Waals surface area contributed by atoms with E-state index >= 15 is 0 Å². The predicted octanol–water partition coefficient (Wildman–Crippen LogP) is 2.84. The number of amides is 1. The minimum atomic E-state index is 0.243. The van der Waals surface area contributed by atoms with Gasteiger partial charge in [0, 0.05) is 31.5 Å². The minimum Gasteiger partial charge on any atom is -0.346 e. The van der Waals surface area contributed by atoms with Crippen LogP contribution in [0.5, 0.6) is 0 Å². The van der Waals surface area contributed by atoms with E-state index in [1.165, 1.54) is 5.56 Å². The van der Waals surface area contributed by atoms with Gasteiger partial charge in [-0.1, -0.05) is 6.07 Å². The quantitative estimate of drug-likeness (QED) is 0.841. The maximum absolute atomic E-state index is 11.7. The average molecular weight is 264 g/mol. The molecule has 1 fully saturated rings. The summed E-state index contributed by atoms with van der Waals surface area (Å²) in [6, 6.07) is 4.23. The molecule has 0 aromatic carbocycles. The second kappa shape index (κ2) is 5.74. The molecule has 3 nitrogen and oxygen atoms in total. The number of hydrogen-bond donors (Lipinski definition) is 0. The fourth-order valence-electron chi connectivity index (χ4n) is 2.25. The van der Waals surface area contributed by atoms with Gasteiger partial charge < -0.3 is 4.90 Å². The zero-order chi connectivity index (χ0) is 13.1. The van der Waals surface area contributed by atoms with Crippen LogP contribution in [0.3, 0.4) is 0 Å². The van der Waals surface area contributed by atoms with Crippen molar-refractivity contribution in [2.24, 2.45) is 0 Å². The summed E-state index contributed by atoms with van der Waals surface area (Å²) in [6.07, 6.45) is 5.71. The van der Waals surface area contributed by atoms with Gasteiger partial charge in [0.25, 0.3) is 0 Å². The van der Waals surface area contributed by atoms with Gasteiger partial charge in [0.2, 0.25) is 5.91 Å². The highest BCUT2D eigenvalue weighted by molar-refractivity contribution is 7.98. The Labute approximate surface area is 113 Å². The third kappa shape index (κ3) is 2.86. The van der Waals surface area contributed by atoms with Crippen molar-refractivity contribution in [1.82, 2.24) is 9.88 Å². The molecule has 0 radical (unpaired) electrons. The molecular weight excluding hydrogens is 244 g/mol. The molecule has 4 heteroatoms. The van der Waals surface area contributed by atoms with Crippen LogP contribution in [-0.2, 0) is 4.79 Å². The molecule has 0 N–H and O–H groups in total. The summed E-state index contributed by atoms with van der Waals surface area (Å²) in [5, 5.41) is 0.429. The second-order valence-electron chi connectivity index (χ2n) is 4.90. The van der Waals surface area contributed by atoms with E-state index < -0.39 is 0 Å². The lowest BCUT2D eigenvalue weighted by atomic mass is 9.90. The monoisotopic (exact) mass is 264 g/mol. The Balaban J connectivity index is 2.08. The highest BCUT2D eigenvalue weighted by atomic mass is 32.2. The first-order valence-corrected chi connectivity index (χ1v) is 7.63. The number of piperidine rings is 1. The zero-order valence-electron chi connectivity index (χ0n) is 11.2. The van der Waals surface area contributed by atoms with Gasteiger partial charge in [-0.25, -0.2) is 0 Å². The lowest BCUT2D eigenvalue weighted by Gasteiger charge is -2.28. The molecule has 1 amide bonds. The van der Waals surface area contributed by atoms with Crippen molar-refractivity contribution < 1.29 is 4.79 Å². The Kier molecular flexibility index (Phi) is 4.27. The molecule has 18 heavy (non-hydrogen) atoms. The van der Waals surface area contributed by atoms with Crippen molar-refractivity contribution in [1.29, 1.82) is 0 Å². The van der Waals surface area contributed by atoms with E-state index in [9.17, 15) is 4.79 Å². The Morgan fingerprint density at radius 2 is 2.28 bits per heavy atom. The average Bonchev–Trinajstić information content (AvgIpc) is 2.41. The number of nitrogens with zero attached hydrogens (tertiary/aromatic N) is 2. The van der Waals surface area contributed by atoms with Crippen molar-refractivity contribution in [2.75, 3.05) is 19.8 Å².